The minimum atomic E-state index is -0.243. The molecule has 0 radical (unpaired) electrons. The van der Waals surface area contributed by atoms with Gasteiger partial charge in [0.15, 0.2) is 0 Å². The molecule has 0 saturated heterocycles. The number of nitrogens with one attached hydrogen (secondary N) is 1. The van der Waals surface area contributed by atoms with Crippen LogP contribution in [0.4, 0.5) is 5.69 Å². The highest BCUT2D eigenvalue weighted by molar-refractivity contribution is 6.04. The third-order valence-electron chi connectivity index (χ3n) is 3.01. The maximum absolute atomic E-state index is 12.1. The van der Waals surface area contributed by atoms with E-state index in [1.807, 2.05) is 25.1 Å². The number of amides is 1. The van der Waals surface area contributed by atoms with E-state index in [0.29, 0.717) is 16.8 Å². The van der Waals surface area contributed by atoms with E-state index in [1.165, 1.54) is 0 Å². The second kappa shape index (κ2) is 6.00. The van der Waals surface area contributed by atoms with Crippen molar-refractivity contribution in [2.24, 2.45) is 0 Å². The van der Waals surface area contributed by atoms with Crippen molar-refractivity contribution in [1.29, 1.82) is 5.26 Å². The van der Waals surface area contributed by atoms with Gasteiger partial charge in [-0.2, -0.15) is 5.26 Å². The van der Waals surface area contributed by atoms with Crippen LogP contribution < -0.4 is 5.32 Å². The summed E-state index contributed by atoms with van der Waals surface area (Å²) in [6.07, 6.45) is 0. The lowest BCUT2D eigenvalue weighted by Crippen LogP contribution is -2.13. The Labute approximate surface area is 117 Å². The summed E-state index contributed by atoms with van der Waals surface area (Å²) in [4.78, 5) is 12.1. The Morgan fingerprint density at radius 3 is 2.55 bits per heavy atom. The van der Waals surface area contributed by atoms with Crippen LogP contribution in [-0.2, 0) is 6.61 Å². The van der Waals surface area contributed by atoms with Crippen molar-refractivity contribution in [3.8, 4) is 6.07 Å². The highest BCUT2D eigenvalue weighted by atomic mass is 16.3. The Morgan fingerprint density at radius 2 is 1.95 bits per heavy atom. The lowest BCUT2D eigenvalue weighted by molar-refractivity contribution is 0.102. The predicted octanol–water partition coefficient (Wildman–Crippen LogP) is 2.61. The van der Waals surface area contributed by atoms with Gasteiger partial charge in [0.1, 0.15) is 0 Å². The number of benzene rings is 2. The summed E-state index contributed by atoms with van der Waals surface area (Å²) >= 11 is 0. The zero-order valence-corrected chi connectivity index (χ0v) is 11.1. The summed E-state index contributed by atoms with van der Waals surface area (Å²) in [7, 11) is 0. The fraction of sp³-hybridized carbons (Fsp3) is 0.125. The number of aliphatic hydroxyl groups is 1. The molecule has 0 bridgehead atoms. The second-order valence-electron chi connectivity index (χ2n) is 4.45. The highest BCUT2D eigenvalue weighted by Gasteiger charge is 2.08. The first-order valence-corrected chi connectivity index (χ1v) is 6.16. The molecule has 100 valence electrons. The topological polar surface area (TPSA) is 73.1 Å². The Bertz CT molecular complexity index is 670. The predicted molar refractivity (Wildman–Crippen MR) is 76.2 cm³/mol. The third kappa shape index (κ3) is 3.02. The van der Waals surface area contributed by atoms with Crippen LogP contribution >= 0.6 is 0 Å². The number of aryl methyl sites for hydroxylation is 1. The zero-order valence-electron chi connectivity index (χ0n) is 11.1. The molecule has 4 heteroatoms. The molecule has 2 aromatic rings. The minimum absolute atomic E-state index is 0.0694. The molecule has 0 unspecified atom stereocenters. The number of nitrogens with zero attached hydrogens (tertiary/aromatic N) is 1. The third-order valence-corrected chi connectivity index (χ3v) is 3.01. The molecule has 2 N–H and O–H groups in total. The van der Waals surface area contributed by atoms with Crippen LogP contribution in [0.2, 0.25) is 0 Å². The first-order valence-electron chi connectivity index (χ1n) is 6.16. The van der Waals surface area contributed by atoms with E-state index >= 15 is 0 Å². The molecule has 0 atom stereocenters. The largest absolute Gasteiger partial charge is 0.392 e. The lowest BCUT2D eigenvalue weighted by atomic mass is 10.1. The molecule has 0 spiro atoms. The normalized spacial score (nSPS) is 9.85. The van der Waals surface area contributed by atoms with Crippen LogP contribution in [0.5, 0.6) is 0 Å². The van der Waals surface area contributed by atoms with Gasteiger partial charge in [-0.15, -0.1) is 0 Å². The molecule has 0 aromatic heterocycles. The Kier molecular flexibility index (Phi) is 4.14. The number of hydrogen-bond donors (Lipinski definition) is 2. The first-order chi connectivity index (χ1) is 9.63. The first kappa shape index (κ1) is 13.8. The van der Waals surface area contributed by atoms with Crippen LogP contribution in [0, 0.1) is 18.3 Å². The Morgan fingerprint density at radius 1 is 1.25 bits per heavy atom. The van der Waals surface area contributed by atoms with E-state index in [1.54, 1.807) is 30.3 Å². The zero-order chi connectivity index (χ0) is 14.5. The minimum Gasteiger partial charge on any atom is -0.392 e. The fourth-order valence-corrected chi connectivity index (χ4v) is 1.79. The van der Waals surface area contributed by atoms with E-state index in [0.717, 1.165) is 11.1 Å². The van der Waals surface area contributed by atoms with Crippen molar-refractivity contribution in [1.82, 2.24) is 0 Å². The van der Waals surface area contributed by atoms with Gasteiger partial charge in [0, 0.05) is 11.3 Å². The van der Waals surface area contributed by atoms with Gasteiger partial charge in [-0.3, -0.25) is 4.79 Å². The van der Waals surface area contributed by atoms with E-state index in [9.17, 15) is 4.79 Å². The summed E-state index contributed by atoms with van der Waals surface area (Å²) in [6.45, 7) is 1.82. The Hall–Kier alpha value is -2.64. The van der Waals surface area contributed by atoms with Crippen molar-refractivity contribution in [2.75, 3.05) is 5.32 Å². The van der Waals surface area contributed by atoms with Gasteiger partial charge in [0.05, 0.1) is 18.2 Å². The number of anilines is 1. The molecule has 2 aromatic carbocycles. The molecule has 4 nitrogen and oxygen atoms in total. The average Bonchev–Trinajstić information content (AvgIpc) is 2.49. The number of nitriles is 1. The maximum atomic E-state index is 12.1. The number of rotatable bonds is 3. The van der Waals surface area contributed by atoms with Gasteiger partial charge in [-0.1, -0.05) is 12.1 Å². The van der Waals surface area contributed by atoms with Gasteiger partial charge in [-0.25, -0.2) is 0 Å². The van der Waals surface area contributed by atoms with Crippen LogP contribution in [0.3, 0.4) is 0 Å². The second-order valence-corrected chi connectivity index (χ2v) is 4.45. The fourth-order valence-electron chi connectivity index (χ4n) is 1.79. The standard InChI is InChI=1S/C16H14N2O2/c1-11-2-3-13(10-19)8-15(11)18-16(20)14-6-4-12(9-17)5-7-14/h2-8,19H,10H2,1H3,(H,18,20). The van der Waals surface area contributed by atoms with Crippen molar-refractivity contribution in [3.05, 3.63) is 64.7 Å². The SMILES string of the molecule is Cc1ccc(CO)cc1NC(=O)c1ccc(C#N)cc1. The molecule has 0 saturated carbocycles. The number of aliphatic hydroxyl groups excluding tert-OH is 1. The molecular formula is C16H14N2O2. The van der Waals surface area contributed by atoms with E-state index in [4.69, 9.17) is 10.4 Å². The van der Waals surface area contributed by atoms with E-state index < -0.39 is 0 Å². The van der Waals surface area contributed by atoms with Crippen LogP contribution in [0.25, 0.3) is 0 Å². The highest BCUT2D eigenvalue weighted by Crippen LogP contribution is 2.18. The molecule has 1 amide bonds. The average molecular weight is 266 g/mol. The van der Waals surface area contributed by atoms with Crippen LogP contribution in [0.15, 0.2) is 42.5 Å². The quantitative estimate of drug-likeness (QED) is 0.896. The van der Waals surface area contributed by atoms with Gasteiger partial charge >= 0.3 is 0 Å². The molecule has 0 aliphatic heterocycles. The molecular weight excluding hydrogens is 252 g/mol. The van der Waals surface area contributed by atoms with Crippen molar-refractivity contribution in [2.45, 2.75) is 13.5 Å². The molecule has 0 aliphatic rings. The maximum Gasteiger partial charge on any atom is 0.255 e. The molecule has 2 rings (SSSR count). The summed E-state index contributed by atoms with van der Waals surface area (Å²) in [5.74, 6) is -0.243. The Balaban J connectivity index is 2.20. The van der Waals surface area contributed by atoms with Crippen molar-refractivity contribution < 1.29 is 9.90 Å². The van der Waals surface area contributed by atoms with Crippen molar-refractivity contribution >= 4 is 11.6 Å². The van der Waals surface area contributed by atoms with Crippen LogP contribution in [0.1, 0.15) is 27.0 Å². The smallest absolute Gasteiger partial charge is 0.255 e. The molecule has 20 heavy (non-hydrogen) atoms. The summed E-state index contributed by atoms with van der Waals surface area (Å²) in [5, 5.41) is 20.6. The summed E-state index contributed by atoms with van der Waals surface area (Å²) in [5.41, 5.74) is 3.33. The van der Waals surface area contributed by atoms with E-state index in [-0.39, 0.29) is 12.5 Å². The van der Waals surface area contributed by atoms with Gasteiger partial charge in [0.2, 0.25) is 0 Å². The number of hydrogen-bond acceptors (Lipinski definition) is 3. The lowest BCUT2D eigenvalue weighted by Gasteiger charge is -2.10. The molecule has 0 aliphatic carbocycles. The summed E-state index contributed by atoms with van der Waals surface area (Å²) in [6, 6.07) is 13.8. The summed E-state index contributed by atoms with van der Waals surface area (Å²) < 4.78 is 0. The molecule has 0 heterocycles. The van der Waals surface area contributed by atoms with Gasteiger partial charge < -0.3 is 10.4 Å². The molecule has 0 fully saturated rings. The van der Waals surface area contributed by atoms with Gasteiger partial charge in [0.25, 0.3) is 5.91 Å². The number of carbonyl (C=O) groups excluding carboxylic acids is 1. The number of carbonyl (C=O) groups is 1. The van der Waals surface area contributed by atoms with Crippen molar-refractivity contribution in [3.63, 3.8) is 0 Å². The van der Waals surface area contributed by atoms with E-state index in [2.05, 4.69) is 5.32 Å². The van der Waals surface area contributed by atoms with Crippen LogP contribution in [-0.4, -0.2) is 11.0 Å². The monoisotopic (exact) mass is 266 g/mol. The van der Waals surface area contributed by atoms with Gasteiger partial charge in [-0.05, 0) is 48.4 Å².